The average molecular weight is 657 g/mol. The number of aromatic nitrogens is 2. The number of unbranched alkanes of at least 4 members (excludes halogenated alkanes) is 2. The average Bonchev–Trinajstić information content (AvgIpc) is 3.51. The number of fused-ring (bicyclic) bond motifs is 1. The summed E-state index contributed by atoms with van der Waals surface area (Å²) >= 11 is 0. The predicted octanol–water partition coefficient (Wildman–Crippen LogP) is 10.3. The van der Waals surface area contributed by atoms with Crippen molar-refractivity contribution in [1.82, 2.24) is 9.55 Å². The van der Waals surface area contributed by atoms with Crippen LogP contribution in [0.15, 0.2) is 82.2 Å². The second-order valence-corrected chi connectivity index (χ2v) is 15.0. The first kappa shape index (κ1) is 37.0. The van der Waals surface area contributed by atoms with Crippen LogP contribution in [0.25, 0.3) is 17.1 Å². The molecule has 1 aliphatic heterocycles. The van der Waals surface area contributed by atoms with Gasteiger partial charge in [-0.15, -0.1) is 0 Å². The summed E-state index contributed by atoms with van der Waals surface area (Å²) in [7, 11) is 0. The molecule has 0 N–H and O–H groups in total. The largest absolute Gasteiger partial charge is 0.480 e. The summed E-state index contributed by atoms with van der Waals surface area (Å²) in [5.74, 6) is 1.51. The van der Waals surface area contributed by atoms with Crippen molar-refractivity contribution in [2.24, 2.45) is 11.3 Å². The highest BCUT2D eigenvalue weighted by atomic mass is 16.5. The number of allylic oxidation sites excluding steroid dienone is 8. The van der Waals surface area contributed by atoms with E-state index in [2.05, 4.69) is 99.6 Å². The lowest BCUT2D eigenvalue weighted by molar-refractivity contribution is 0.0954. The Morgan fingerprint density at radius 2 is 1.69 bits per heavy atom. The van der Waals surface area contributed by atoms with Gasteiger partial charge in [-0.1, -0.05) is 84.8 Å². The molecule has 0 spiro atoms. The van der Waals surface area contributed by atoms with Gasteiger partial charge in [-0.2, -0.15) is 15.8 Å². The third-order valence-electron chi connectivity index (χ3n) is 9.06. The molecule has 0 radical (unpaired) electrons. The summed E-state index contributed by atoms with van der Waals surface area (Å²) in [5.41, 5.74) is 5.84. The minimum Gasteiger partial charge on any atom is -0.480 e. The summed E-state index contributed by atoms with van der Waals surface area (Å²) in [6, 6.07) is 12.6. The third-order valence-corrected chi connectivity index (χ3v) is 9.06. The van der Waals surface area contributed by atoms with Crippen LogP contribution in [0, 0.1) is 45.3 Å². The summed E-state index contributed by atoms with van der Waals surface area (Å²) in [6.45, 7) is 20.3. The van der Waals surface area contributed by atoms with Gasteiger partial charge in [0.1, 0.15) is 35.2 Å². The minimum atomic E-state index is -0.838. The van der Waals surface area contributed by atoms with Gasteiger partial charge >= 0.3 is 0 Å². The van der Waals surface area contributed by atoms with Crippen molar-refractivity contribution in [3.63, 3.8) is 0 Å². The predicted molar refractivity (Wildman–Crippen MR) is 200 cm³/mol. The number of nitrogens with zero attached hydrogens (tertiary/aromatic N) is 6. The molecule has 7 nitrogen and oxygen atoms in total. The lowest BCUT2D eigenvalue weighted by Gasteiger charge is -2.30. The van der Waals surface area contributed by atoms with Gasteiger partial charge in [0, 0.05) is 30.9 Å². The van der Waals surface area contributed by atoms with E-state index in [1.807, 2.05) is 38.1 Å². The van der Waals surface area contributed by atoms with Crippen LogP contribution in [0.3, 0.4) is 0 Å². The van der Waals surface area contributed by atoms with E-state index in [0.717, 1.165) is 43.8 Å². The molecule has 1 aromatic heterocycles. The van der Waals surface area contributed by atoms with E-state index in [-0.39, 0.29) is 22.3 Å². The van der Waals surface area contributed by atoms with Crippen molar-refractivity contribution in [2.45, 2.75) is 106 Å². The van der Waals surface area contributed by atoms with Crippen molar-refractivity contribution in [3.8, 4) is 18.2 Å². The van der Waals surface area contributed by atoms with Crippen LogP contribution >= 0.6 is 0 Å². The number of imidazole rings is 1. The van der Waals surface area contributed by atoms with Crippen LogP contribution < -0.4 is 4.90 Å². The van der Waals surface area contributed by atoms with E-state index < -0.39 is 5.60 Å². The van der Waals surface area contributed by atoms with E-state index in [0.29, 0.717) is 11.5 Å². The van der Waals surface area contributed by atoms with Crippen molar-refractivity contribution < 1.29 is 4.74 Å². The van der Waals surface area contributed by atoms with Crippen LogP contribution in [0.5, 0.6) is 0 Å². The van der Waals surface area contributed by atoms with Crippen molar-refractivity contribution in [3.05, 3.63) is 88.0 Å². The molecule has 2 heterocycles. The number of hydrogen-bond acceptors (Lipinski definition) is 6. The molecule has 2 aliphatic rings. The molecule has 7 heteroatoms. The van der Waals surface area contributed by atoms with Crippen LogP contribution in [-0.4, -0.2) is 28.2 Å². The zero-order valence-corrected chi connectivity index (χ0v) is 30.7. The zero-order valence-electron chi connectivity index (χ0n) is 30.7. The molecule has 49 heavy (non-hydrogen) atoms. The van der Waals surface area contributed by atoms with Crippen LogP contribution in [0.2, 0.25) is 0 Å². The van der Waals surface area contributed by atoms with Crippen molar-refractivity contribution in [2.75, 3.05) is 18.0 Å². The highest BCUT2D eigenvalue weighted by molar-refractivity contribution is 5.82. The topological polar surface area (TPSA) is 102 Å². The molecule has 1 aromatic carbocycles. The smallest absolute Gasteiger partial charge is 0.172 e. The fourth-order valence-corrected chi connectivity index (χ4v) is 6.73. The second kappa shape index (κ2) is 16.1. The highest BCUT2D eigenvalue weighted by Crippen LogP contribution is 2.41. The molecule has 1 aliphatic carbocycles. The van der Waals surface area contributed by atoms with Gasteiger partial charge in [-0.3, -0.25) is 0 Å². The molecular weight excluding hydrogens is 605 g/mol. The first-order valence-electron chi connectivity index (χ1n) is 17.8. The lowest BCUT2D eigenvalue weighted by Crippen LogP contribution is -2.25. The molecule has 4 rings (SSSR count). The van der Waals surface area contributed by atoms with E-state index in [1.165, 1.54) is 48.0 Å². The normalized spacial score (nSPS) is 17.9. The molecule has 0 saturated carbocycles. The number of rotatable bonds is 13. The fraction of sp³-hybridized carbons (Fsp3) is 0.476. The Bertz CT molecular complexity index is 1830. The monoisotopic (exact) mass is 656 g/mol. The Labute approximate surface area is 293 Å². The molecular formula is C42H52N6O. The van der Waals surface area contributed by atoms with Crippen LogP contribution in [0.4, 0.5) is 5.69 Å². The van der Waals surface area contributed by atoms with Crippen molar-refractivity contribution >= 4 is 22.8 Å². The number of nitriles is 3. The van der Waals surface area contributed by atoms with E-state index in [9.17, 15) is 15.8 Å². The molecule has 2 aromatic rings. The maximum atomic E-state index is 9.88. The Kier molecular flexibility index (Phi) is 12.1. The van der Waals surface area contributed by atoms with Gasteiger partial charge in [0.25, 0.3) is 0 Å². The first-order valence-corrected chi connectivity index (χ1v) is 17.8. The number of ether oxygens (including phenoxy) is 1. The molecule has 256 valence electrons. The molecule has 0 unspecified atom stereocenters. The quantitative estimate of drug-likeness (QED) is 0.199. The van der Waals surface area contributed by atoms with Gasteiger partial charge < -0.3 is 14.2 Å². The van der Waals surface area contributed by atoms with Crippen LogP contribution in [0.1, 0.15) is 99.7 Å². The molecule has 0 fully saturated rings. The fourth-order valence-electron chi connectivity index (χ4n) is 6.73. The Balaban J connectivity index is 1.68. The molecule has 0 amide bonds. The number of anilines is 1. The maximum Gasteiger partial charge on any atom is 0.172 e. The van der Waals surface area contributed by atoms with Gasteiger partial charge in [-0.25, -0.2) is 4.98 Å². The van der Waals surface area contributed by atoms with Gasteiger partial charge in [0.05, 0.1) is 11.0 Å². The molecule has 0 saturated heterocycles. The lowest BCUT2D eigenvalue weighted by atomic mass is 9.75. The maximum absolute atomic E-state index is 9.88. The standard InChI is InChI=1S/C42H52N6O/c1-9-11-20-47(21-12-10-2)34-17-18-37-38(23-34)48(29-30(3)4)39(46-37)19-16-32-22-31(24-41(5,6)25-32)14-13-15-36-35(28-45)40(33(26-43)27-44)49-42(36,7)8/h13-19,22-23,30H,9-12,20-21,24-25,29H2,1-8H3/b15-13?,19-16+,31-14?. The minimum absolute atomic E-state index is 0.0564. The summed E-state index contributed by atoms with van der Waals surface area (Å²) < 4.78 is 8.29. The first-order chi connectivity index (χ1) is 23.4. The van der Waals surface area contributed by atoms with Crippen LogP contribution in [-0.2, 0) is 11.3 Å². The zero-order chi connectivity index (χ0) is 35.8. The van der Waals surface area contributed by atoms with E-state index >= 15 is 0 Å². The second-order valence-electron chi connectivity index (χ2n) is 15.0. The van der Waals surface area contributed by atoms with Gasteiger partial charge in [0.15, 0.2) is 11.3 Å². The SMILES string of the molecule is CCCCN(CCCC)c1ccc2nc(/C=C/C3=CC(=CC=CC4=C(C#N)C(=C(C#N)C#N)OC4(C)C)CC(C)(C)C3)n(CC(C)C)c2c1. The Morgan fingerprint density at radius 3 is 2.31 bits per heavy atom. The summed E-state index contributed by atoms with van der Waals surface area (Å²) in [4.78, 5) is 7.64. The number of benzene rings is 1. The van der Waals surface area contributed by atoms with Gasteiger partial charge in [-0.05, 0) is 86.3 Å². The Morgan fingerprint density at radius 1 is 1.00 bits per heavy atom. The third kappa shape index (κ3) is 9.01. The molecule has 0 atom stereocenters. The Hall–Kier alpha value is -4.80. The number of hydrogen-bond donors (Lipinski definition) is 0. The van der Waals surface area contributed by atoms with E-state index in [1.54, 1.807) is 0 Å². The summed E-state index contributed by atoms with van der Waals surface area (Å²) in [6.07, 6.45) is 19.2. The highest BCUT2D eigenvalue weighted by Gasteiger charge is 2.38. The molecule has 0 bridgehead atoms. The van der Waals surface area contributed by atoms with E-state index in [4.69, 9.17) is 9.72 Å². The van der Waals surface area contributed by atoms with Gasteiger partial charge in [0.2, 0.25) is 0 Å². The summed E-state index contributed by atoms with van der Waals surface area (Å²) in [5, 5.41) is 28.6. The van der Waals surface area contributed by atoms with Crippen molar-refractivity contribution in [1.29, 1.82) is 15.8 Å².